The Balaban J connectivity index is 1.28. The maximum Gasteiger partial charge on any atom is 0.104 e. The summed E-state index contributed by atoms with van der Waals surface area (Å²) in [5.74, 6) is 0.781. The molecule has 2 aliphatic heterocycles. The Morgan fingerprint density at radius 3 is 1.40 bits per heavy atom. The quantitative estimate of drug-likeness (QED) is 0.189. The first-order valence-corrected chi connectivity index (χ1v) is 11.5. The van der Waals surface area contributed by atoms with Gasteiger partial charge in [-0.3, -0.25) is 0 Å². The summed E-state index contributed by atoms with van der Waals surface area (Å²) in [6.07, 6.45) is 4.10. The van der Waals surface area contributed by atoms with Gasteiger partial charge in [0.15, 0.2) is 0 Å². The van der Waals surface area contributed by atoms with Crippen LogP contribution in [-0.4, -0.2) is 105 Å². The molecule has 0 radical (unpaired) electrons. The third-order valence-electron chi connectivity index (χ3n) is 5.55. The molecule has 0 aromatic heterocycles. The summed E-state index contributed by atoms with van der Waals surface area (Å²) in [6.45, 7) is 11.2. The third-order valence-corrected chi connectivity index (χ3v) is 5.55. The molecule has 1 saturated carbocycles. The van der Waals surface area contributed by atoms with Crippen molar-refractivity contribution in [3.8, 4) is 0 Å². The number of epoxide rings is 2. The maximum absolute atomic E-state index is 5.95. The average Bonchev–Trinajstić information content (AvgIpc) is 3.61. The molecule has 0 N–H and O–H groups in total. The van der Waals surface area contributed by atoms with Gasteiger partial charge in [0.05, 0.1) is 85.9 Å². The molecule has 176 valence electrons. The zero-order valence-corrected chi connectivity index (χ0v) is 18.5. The summed E-state index contributed by atoms with van der Waals surface area (Å²) in [5, 5.41) is 0. The van der Waals surface area contributed by atoms with Crippen molar-refractivity contribution in [2.75, 3.05) is 92.5 Å². The molecule has 0 aromatic carbocycles. The van der Waals surface area contributed by atoms with Gasteiger partial charge >= 0.3 is 0 Å². The minimum absolute atomic E-state index is 0.185. The Bertz CT molecular complexity index is 377. The fourth-order valence-corrected chi connectivity index (χ4v) is 2.94. The van der Waals surface area contributed by atoms with Crippen molar-refractivity contribution in [2.45, 2.75) is 38.4 Å². The summed E-state index contributed by atoms with van der Waals surface area (Å²) in [7, 11) is 0. The number of ether oxygens (including phenoxy) is 8. The van der Waals surface area contributed by atoms with Crippen LogP contribution in [0, 0.1) is 11.3 Å². The van der Waals surface area contributed by atoms with E-state index in [4.69, 9.17) is 37.9 Å². The molecule has 0 aromatic rings. The normalized spacial score (nSPS) is 24.7. The Morgan fingerprint density at radius 2 is 1.03 bits per heavy atom. The lowest BCUT2D eigenvalue weighted by Gasteiger charge is -2.32. The van der Waals surface area contributed by atoms with Gasteiger partial charge in [0.2, 0.25) is 0 Å². The van der Waals surface area contributed by atoms with Gasteiger partial charge in [0.1, 0.15) is 12.2 Å². The van der Waals surface area contributed by atoms with E-state index < -0.39 is 0 Å². The second kappa shape index (κ2) is 14.0. The van der Waals surface area contributed by atoms with Crippen LogP contribution in [0.2, 0.25) is 0 Å². The number of hydrogen-bond donors (Lipinski definition) is 0. The third kappa shape index (κ3) is 11.3. The highest BCUT2D eigenvalue weighted by Gasteiger charge is 2.30. The van der Waals surface area contributed by atoms with Gasteiger partial charge in [-0.15, -0.1) is 0 Å². The molecule has 1 aliphatic carbocycles. The summed E-state index contributed by atoms with van der Waals surface area (Å²) in [6, 6.07) is 0. The van der Waals surface area contributed by atoms with Crippen molar-refractivity contribution in [1.82, 2.24) is 0 Å². The molecular formula is C22H40O8. The molecule has 0 spiro atoms. The van der Waals surface area contributed by atoms with E-state index >= 15 is 0 Å². The SMILES string of the molecule is CCC(COCCOCC1CC1)(COCCOCC1CO1)COCCOCC1CO1. The van der Waals surface area contributed by atoms with Gasteiger partial charge in [0.25, 0.3) is 0 Å². The van der Waals surface area contributed by atoms with Crippen molar-refractivity contribution in [1.29, 1.82) is 0 Å². The first-order valence-electron chi connectivity index (χ1n) is 11.5. The van der Waals surface area contributed by atoms with Crippen molar-refractivity contribution in [3.63, 3.8) is 0 Å². The number of rotatable bonds is 22. The van der Waals surface area contributed by atoms with Gasteiger partial charge in [0, 0.05) is 12.0 Å². The molecule has 3 aliphatic rings. The summed E-state index contributed by atoms with van der Waals surface area (Å²) >= 11 is 0. The second-order valence-electron chi connectivity index (χ2n) is 8.59. The van der Waals surface area contributed by atoms with Crippen LogP contribution in [-0.2, 0) is 37.9 Å². The predicted molar refractivity (Wildman–Crippen MR) is 110 cm³/mol. The summed E-state index contributed by atoms with van der Waals surface area (Å²) in [5.41, 5.74) is -0.185. The van der Waals surface area contributed by atoms with E-state index in [9.17, 15) is 0 Å². The zero-order valence-electron chi connectivity index (χ0n) is 18.5. The highest BCUT2D eigenvalue weighted by atomic mass is 16.6. The Labute approximate surface area is 180 Å². The van der Waals surface area contributed by atoms with Crippen molar-refractivity contribution >= 4 is 0 Å². The van der Waals surface area contributed by atoms with E-state index in [-0.39, 0.29) is 17.6 Å². The standard InChI is InChI=1S/C22H40O8/c1-2-22(16-26-8-5-23-11-19-3-4-19,17-27-9-6-24-12-20-14-29-20)18-28-10-7-25-13-21-15-30-21/h19-21H,2-18H2,1H3. The Morgan fingerprint density at radius 1 is 0.633 bits per heavy atom. The molecular weight excluding hydrogens is 392 g/mol. The van der Waals surface area contributed by atoms with Gasteiger partial charge in [-0.05, 0) is 25.2 Å². The minimum Gasteiger partial charge on any atom is -0.379 e. The largest absolute Gasteiger partial charge is 0.379 e. The zero-order chi connectivity index (χ0) is 20.9. The van der Waals surface area contributed by atoms with Crippen LogP contribution >= 0.6 is 0 Å². The molecule has 30 heavy (non-hydrogen) atoms. The molecule has 0 bridgehead atoms. The van der Waals surface area contributed by atoms with Gasteiger partial charge in [-0.2, -0.15) is 0 Å². The molecule has 2 saturated heterocycles. The minimum atomic E-state index is -0.185. The van der Waals surface area contributed by atoms with Crippen LogP contribution in [0.3, 0.4) is 0 Å². The molecule has 0 amide bonds. The van der Waals surface area contributed by atoms with Crippen LogP contribution in [0.25, 0.3) is 0 Å². The van der Waals surface area contributed by atoms with E-state index in [1.807, 2.05) is 0 Å². The highest BCUT2D eigenvalue weighted by Crippen LogP contribution is 2.28. The van der Waals surface area contributed by atoms with E-state index in [1.54, 1.807) is 0 Å². The van der Waals surface area contributed by atoms with Gasteiger partial charge < -0.3 is 37.9 Å². The lowest BCUT2D eigenvalue weighted by molar-refractivity contribution is -0.0897. The van der Waals surface area contributed by atoms with Gasteiger partial charge in [-0.1, -0.05) is 6.92 Å². The van der Waals surface area contributed by atoms with Crippen LogP contribution in [0.15, 0.2) is 0 Å². The molecule has 3 rings (SSSR count). The number of hydrogen-bond acceptors (Lipinski definition) is 8. The van der Waals surface area contributed by atoms with E-state index in [0.717, 1.165) is 32.2 Å². The average molecular weight is 433 g/mol. The van der Waals surface area contributed by atoms with E-state index in [2.05, 4.69) is 6.92 Å². The van der Waals surface area contributed by atoms with Gasteiger partial charge in [-0.25, -0.2) is 0 Å². The first kappa shape index (κ1) is 24.3. The van der Waals surface area contributed by atoms with Crippen molar-refractivity contribution in [3.05, 3.63) is 0 Å². The molecule has 2 unspecified atom stereocenters. The topological polar surface area (TPSA) is 80.4 Å². The van der Waals surface area contributed by atoms with E-state index in [0.29, 0.717) is 72.7 Å². The molecule has 2 atom stereocenters. The monoisotopic (exact) mass is 432 g/mol. The fourth-order valence-electron chi connectivity index (χ4n) is 2.94. The van der Waals surface area contributed by atoms with Crippen LogP contribution < -0.4 is 0 Å². The van der Waals surface area contributed by atoms with Crippen LogP contribution in [0.1, 0.15) is 26.2 Å². The highest BCUT2D eigenvalue weighted by molar-refractivity contribution is 4.78. The maximum atomic E-state index is 5.95. The molecule has 8 nitrogen and oxygen atoms in total. The smallest absolute Gasteiger partial charge is 0.104 e. The first-order chi connectivity index (χ1) is 14.8. The molecule has 3 fully saturated rings. The van der Waals surface area contributed by atoms with Crippen molar-refractivity contribution in [2.24, 2.45) is 11.3 Å². The van der Waals surface area contributed by atoms with E-state index in [1.165, 1.54) is 12.8 Å². The Kier molecular flexibility index (Phi) is 11.3. The molecule has 2 heterocycles. The summed E-state index contributed by atoms with van der Waals surface area (Å²) < 4.78 is 44.8. The lowest BCUT2D eigenvalue weighted by atomic mass is 9.88. The van der Waals surface area contributed by atoms with Crippen molar-refractivity contribution < 1.29 is 37.9 Å². The second-order valence-corrected chi connectivity index (χ2v) is 8.59. The summed E-state index contributed by atoms with van der Waals surface area (Å²) in [4.78, 5) is 0. The predicted octanol–water partition coefficient (Wildman–Crippen LogP) is 1.69. The van der Waals surface area contributed by atoms with Crippen LogP contribution in [0.5, 0.6) is 0 Å². The Hall–Kier alpha value is -0.320. The molecule has 8 heteroatoms. The van der Waals surface area contributed by atoms with Crippen LogP contribution in [0.4, 0.5) is 0 Å². The fraction of sp³-hybridized carbons (Fsp3) is 1.00. The lowest BCUT2D eigenvalue weighted by Crippen LogP contribution is -2.38.